The predicted molar refractivity (Wildman–Crippen MR) is 164 cm³/mol. The van der Waals surface area contributed by atoms with E-state index in [9.17, 15) is 9.90 Å². The molecule has 0 aromatic heterocycles. The van der Waals surface area contributed by atoms with Gasteiger partial charge in [-0.15, -0.1) is 24.8 Å². The van der Waals surface area contributed by atoms with Crippen molar-refractivity contribution in [3.63, 3.8) is 0 Å². The monoisotopic (exact) mass is 609 g/mol. The Balaban J connectivity index is 0.00000760. The molecule has 4 atom stereocenters. The topological polar surface area (TPSA) is 116 Å². The van der Waals surface area contributed by atoms with Crippen LogP contribution >= 0.6 is 24.8 Å². The highest BCUT2D eigenvalue weighted by molar-refractivity contribution is 5.85. The first-order valence-corrected chi connectivity index (χ1v) is 14.0. The highest BCUT2D eigenvalue weighted by Crippen LogP contribution is 2.31. The third kappa shape index (κ3) is 14.0. The Kier molecular flexibility index (Phi) is 20.7. The summed E-state index contributed by atoms with van der Waals surface area (Å²) in [6, 6.07) is 5.62. The second kappa shape index (κ2) is 21.4. The molecule has 1 aliphatic heterocycles. The lowest BCUT2D eigenvalue weighted by Gasteiger charge is -2.29. The molecule has 234 valence electrons. The molecule has 1 aromatic carbocycles. The lowest BCUT2D eigenvalue weighted by molar-refractivity contribution is -0.125. The first kappa shape index (κ1) is 38.7. The third-order valence-electron chi connectivity index (χ3n) is 7.36. The van der Waals surface area contributed by atoms with Gasteiger partial charge in [-0.2, -0.15) is 0 Å². The number of morpholine rings is 1. The van der Waals surface area contributed by atoms with Crippen LogP contribution in [0.2, 0.25) is 0 Å². The van der Waals surface area contributed by atoms with Gasteiger partial charge in [0.2, 0.25) is 5.91 Å². The molecule has 1 fully saturated rings. The van der Waals surface area contributed by atoms with Crippen LogP contribution in [0.4, 0.5) is 0 Å². The van der Waals surface area contributed by atoms with Crippen molar-refractivity contribution in [2.24, 2.45) is 23.5 Å². The summed E-state index contributed by atoms with van der Waals surface area (Å²) in [5.41, 5.74) is 7.61. The first-order valence-electron chi connectivity index (χ1n) is 14.0. The molecule has 4 N–H and O–H groups in total. The summed E-state index contributed by atoms with van der Waals surface area (Å²) in [5, 5.41) is 13.8. The van der Waals surface area contributed by atoms with Crippen molar-refractivity contribution in [2.45, 2.75) is 58.6 Å². The molecule has 1 aliphatic rings. The number of nitrogens with zero attached hydrogens (tertiary/aromatic N) is 1. The van der Waals surface area contributed by atoms with E-state index in [1.165, 1.54) is 0 Å². The number of benzene rings is 1. The largest absolute Gasteiger partial charge is 0.493 e. The van der Waals surface area contributed by atoms with Crippen LogP contribution in [0.15, 0.2) is 18.2 Å². The second-order valence-electron chi connectivity index (χ2n) is 10.7. The molecule has 0 bridgehead atoms. The van der Waals surface area contributed by atoms with Gasteiger partial charge in [0.1, 0.15) is 0 Å². The van der Waals surface area contributed by atoms with Gasteiger partial charge in [0.05, 0.1) is 33.0 Å². The number of nitrogens with one attached hydrogen (secondary N) is 1. The fraction of sp³-hybridized carbons (Fsp3) is 0.759. The number of ether oxygens (including phenoxy) is 4. The van der Waals surface area contributed by atoms with Crippen molar-refractivity contribution in [1.29, 1.82) is 0 Å². The standard InChI is InChI=1S/C29H51N3O6.2ClH/c1-21(2)24(18-23-7-8-27(36-5)28(19-23)38-14-6-13-35-4)20-25(30)26(33)17-22(3)29(34)31-9-10-32-11-15-37-16-12-32;;/h7-8,19,21-22,24-26,33H,6,9-18,20,30H2,1-5H3,(H,31,34);2*1H/t22-,24+,25+,26+;;/m1../s1. The molecule has 40 heavy (non-hydrogen) atoms. The summed E-state index contributed by atoms with van der Waals surface area (Å²) in [7, 11) is 3.32. The Morgan fingerprint density at radius 3 is 2.42 bits per heavy atom. The van der Waals surface area contributed by atoms with Crippen molar-refractivity contribution >= 4 is 30.7 Å². The summed E-state index contributed by atoms with van der Waals surface area (Å²) >= 11 is 0. The fourth-order valence-corrected chi connectivity index (χ4v) is 4.73. The van der Waals surface area contributed by atoms with E-state index in [1.807, 2.05) is 19.1 Å². The minimum Gasteiger partial charge on any atom is -0.493 e. The fourth-order valence-electron chi connectivity index (χ4n) is 4.73. The third-order valence-corrected chi connectivity index (χ3v) is 7.36. The molecule has 9 nitrogen and oxygen atoms in total. The molecule has 0 saturated carbocycles. The van der Waals surface area contributed by atoms with Gasteiger partial charge >= 0.3 is 0 Å². The molecule has 0 aliphatic carbocycles. The average molecular weight is 611 g/mol. The smallest absolute Gasteiger partial charge is 0.222 e. The number of nitrogens with two attached hydrogens (primary N) is 1. The summed E-state index contributed by atoms with van der Waals surface area (Å²) in [4.78, 5) is 14.9. The van der Waals surface area contributed by atoms with E-state index in [2.05, 4.69) is 30.1 Å². The number of rotatable bonds is 18. The first-order chi connectivity index (χ1) is 18.2. The summed E-state index contributed by atoms with van der Waals surface area (Å²) in [6.07, 6.45) is 1.88. The Labute approximate surface area is 253 Å². The number of methoxy groups -OCH3 is 2. The molecular formula is C29H53Cl2N3O6. The van der Waals surface area contributed by atoms with E-state index in [-0.39, 0.29) is 42.6 Å². The van der Waals surface area contributed by atoms with Gasteiger partial charge in [-0.3, -0.25) is 9.69 Å². The molecule has 0 unspecified atom stereocenters. The van der Waals surface area contributed by atoms with E-state index in [0.717, 1.165) is 57.0 Å². The molecule has 0 spiro atoms. The second-order valence-corrected chi connectivity index (χ2v) is 10.7. The summed E-state index contributed by atoms with van der Waals surface area (Å²) < 4.78 is 21.9. The summed E-state index contributed by atoms with van der Waals surface area (Å²) in [5.74, 6) is 1.73. The maximum Gasteiger partial charge on any atom is 0.222 e. The average Bonchev–Trinajstić information content (AvgIpc) is 2.91. The number of hydrogen-bond acceptors (Lipinski definition) is 8. The minimum absolute atomic E-state index is 0. The number of hydrogen-bond donors (Lipinski definition) is 3. The highest BCUT2D eigenvalue weighted by Gasteiger charge is 2.26. The van der Waals surface area contributed by atoms with E-state index in [0.29, 0.717) is 44.3 Å². The van der Waals surface area contributed by atoms with Crippen LogP contribution in [0.5, 0.6) is 11.5 Å². The highest BCUT2D eigenvalue weighted by atomic mass is 35.5. The number of aliphatic hydroxyl groups excluding tert-OH is 1. The van der Waals surface area contributed by atoms with Crippen molar-refractivity contribution in [3.8, 4) is 11.5 Å². The molecule has 1 aromatic rings. The van der Waals surface area contributed by atoms with Gasteiger partial charge in [-0.05, 0) is 48.8 Å². The van der Waals surface area contributed by atoms with Crippen LogP contribution < -0.4 is 20.5 Å². The van der Waals surface area contributed by atoms with Crippen LogP contribution in [0.3, 0.4) is 0 Å². The molecule has 1 amide bonds. The molecule has 2 rings (SSSR count). The van der Waals surface area contributed by atoms with E-state index in [4.69, 9.17) is 24.7 Å². The molecule has 11 heteroatoms. The number of amides is 1. The van der Waals surface area contributed by atoms with Crippen LogP contribution in [0.1, 0.15) is 45.6 Å². The van der Waals surface area contributed by atoms with E-state index < -0.39 is 12.1 Å². The van der Waals surface area contributed by atoms with Crippen LogP contribution in [-0.4, -0.2) is 94.9 Å². The number of carbonyl (C=O) groups excluding carboxylic acids is 1. The zero-order valence-electron chi connectivity index (χ0n) is 24.9. The molecular weight excluding hydrogens is 557 g/mol. The Morgan fingerprint density at radius 2 is 1.80 bits per heavy atom. The lowest BCUT2D eigenvalue weighted by atomic mass is 9.82. The van der Waals surface area contributed by atoms with Crippen LogP contribution in [-0.2, 0) is 20.7 Å². The zero-order chi connectivity index (χ0) is 27.9. The lowest BCUT2D eigenvalue weighted by Crippen LogP contribution is -2.43. The van der Waals surface area contributed by atoms with Crippen molar-refractivity contribution < 1.29 is 28.8 Å². The molecule has 1 heterocycles. The van der Waals surface area contributed by atoms with Gasteiger partial charge in [0.25, 0.3) is 0 Å². The number of aliphatic hydroxyl groups is 1. The van der Waals surface area contributed by atoms with E-state index >= 15 is 0 Å². The number of halogens is 2. The number of carbonyl (C=O) groups is 1. The van der Waals surface area contributed by atoms with Gasteiger partial charge in [-0.1, -0.05) is 26.8 Å². The maximum atomic E-state index is 12.6. The Bertz CT molecular complexity index is 814. The van der Waals surface area contributed by atoms with E-state index in [1.54, 1.807) is 14.2 Å². The Hall–Kier alpha value is -1.33. The van der Waals surface area contributed by atoms with Gasteiger partial charge in [0.15, 0.2) is 11.5 Å². The van der Waals surface area contributed by atoms with Crippen molar-refractivity contribution in [2.75, 3.05) is 66.8 Å². The minimum atomic E-state index is -0.744. The Morgan fingerprint density at radius 1 is 1.10 bits per heavy atom. The predicted octanol–water partition coefficient (Wildman–Crippen LogP) is 3.32. The molecule has 0 radical (unpaired) electrons. The van der Waals surface area contributed by atoms with Crippen molar-refractivity contribution in [3.05, 3.63) is 23.8 Å². The quantitative estimate of drug-likeness (QED) is 0.217. The molecule has 1 saturated heterocycles. The van der Waals surface area contributed by atoms with Gasteiger partial charge in [0, 0.05) is 58.3 Å². The maximum absolute atomic E-state index is 12.6. The van der Waals surface area contributed by atoms with Crippen LogP contribution in [0, 0.1) is 17.8 Å². The summed E-state index contributed by atoms with van der Waals surface area (Å²) in [6.45, 7) is 12.1. The van der Waals surface area contributed by atoms with Gasteiger partial charge < -0.3 is 35.1 Å². The normalized spacial score (nSPS) is 16.7. The van der Waals surface area contributed by atoms with Crippen molar-refractivity contribution in [1.82, 2.24) is 10.2 Å². The van der Waals surface area contributed by atoms with Gasteiger partial charge in [-0.25, -0.2) is 0 Å². The zero-order valence-corrected chi connectivity index (χ0v) is 26.6. The SMILES string of the molecule is COCCCOc1cc(C[C@@H](C[C@H](N)[C@@H](O)C[C@@H](C)C(=O)NCCN2CCOCC2)C(C)C)ccc1OC.Cl.Cl. The van der Waals surface area contributed by atoms with Crippen LogP contribution in [0.25, 0.3) is 0 Å².